The van der Waals surface area contributed by atoms with Gasteiger partial charge >= 0.3 is 0 Å². The molecule has 0 aromatic rings. The Morgan fingerprint density at radius 2 is 1.82 bits per heavy atom. The molecule has 0 saturated heterocycles. The van der Waals surface area contributed by atoms with Crippen molar-refractivity contribution in [1.82, 2.24) is 0 Å². The molecule has 2 unspecified atom stereocenters. The highest BCUT2D eigenvalue weighted by Crippen LogP contribution is 2.15. The van der Waals surface area contributed by atoms with Crippen molar-refractivity contribution < 1.29 is 9.90 Å². The van der Waals surface area contributed by atoms with Gasteiger partial charge in [0.15, 0.2) is 0 Å². The zero-order chi connectivity index (χ0) is 8.85. The lowest BCUT2D eigenvalue weighted by atomic mass is 9.92. The second-order valence-corrected chi connectivity index (χ2v) is 3.47. The molecule has 2 atom stereocenters. The van der Waals surface area contributed by atoms with Crippen molar-refractivity contribution in [2.45, 2.75) is 39.7 Å². The summed E-state index contributed by atoms with van der Waals surface area (Å²) in [6.45, 7) is 5.81. The van der Waals surface area contributed by atoms with Crippen molar-refractivity contribution in [3.63, 3.8) is 0 Å². The lowest BCUT2D eigenvalue weighted by Crippen LogP contribution is -2.12. The van der Waals surface area contributed by atoms with Gasteiger partial charge in [-0.25, -0.2) is 0 Å². The number of aliphatic hydroxyl groups excluding tert-OH is 1. The Morgan fingerprint density at radius 1 is 1.27 bits per heavy atom. The summed E-state index contributed by atoms with van der Waals surface area (Å²) >= 11 is 0. The van der Waals surface area contributed by atoms with E-state index >= 15 is 0 Å². The standard InChI is InChI=1S/C9H18O2/c1-7(2)9(6-10)5-4-8(3)11/h6-9,11H,4-5H2,1-3H3. The summed E-state index contributed by atoms with van der Waals surface area (Å²) in [4.78, 5) is 10.5. The molecule has 0 amide bonds. The maximum atomic E-state index is 10.5. The van der Waals surface area contributed by atoms with E-state index in [1.165, 1.54) is 0 Å². The van der Waals surface area contributed by atoms with Gasteiger partial charge in [-0.3, -0.25) is 0 Å². The van der Waals surface area contributed by atoms with E-state index < -0.39 is 0 Å². The van der Waals surface area contributed by atoms with E-state index in [1.54, 1.807) is 6.92 Å². The maximum Gasteiger partial charge on any atom is 0.123 e. The molecule has 0 aliphatic carbocycles. The van der Waals surface area contributed by atoms with Gasteiger partial charge < -0.3 is 9.90 Å². The van der Waals surface area contributed by atoms with Crippen molar-refractivity contribution >= 4 is 6.29 Å². The molecule has 0 heterocycles. The number of hydrogen-bond donors (Lipinski definition) is 1. The fraction of sp³-hybridized carbons (Fsp3) is 0.889. The van der Waals surface area contributed by atoms with Crippen molar-refractivity contribution in [2.75, 3.05) is 0 Å². The van der Waals surface area contributed by atoms with Crippen LogP contribution in [0.15, 0.2) is 0 Å². The summed E-state index contributed by atoms with van der Waals surface area (Å²) in [6.07, 6.45) is 2.24. The molecule has 0 aliphatic rings. The molecule has 2 heteroatoms. The van der Waals surface area contributed by atoms with Gasteiger partial charge in [0, 0.05) is 5.92 Å². The Kier molecular flexibility index (Phi) is 5.12. The third-order valence-electron chi connectivity index (χ3n) is 1.95. The highest BCUT2D eigenvalue weighted by Gasteiger charge is 2.12. The van der Waals surface area contributed by atoms with Gasteiger partial charge in [-0.15, -0.1) is 0 Å². The fourth-order valence-corrected chi connectivity index (χ4v) is 0.992. The van der Waals surface area contributed by atoms with Crippen LogP contribution >= 0.6 is 0 Å². The monoisotopic (exact) mass is 158 g/mol. The van der Waals surface area contributed by atoms with Crippen LogP contribution in [0.5, 0.6) is 0 Å². The molecule has 0 saturated carbocycles. The minimum absolute atomic E-state index is 0.115. The number of rotatable bonds is 5. The molecule has 66 valence electrons. The zero-order valence-electron chi connectivity index (χ0n) is 7.58. The maximum absolute atomic E-state index is 10.5. The van der Waals surface area contributed by atoms with Crippen molar-refractivity contribution in [3.8, 4) is 0 Å². The summed E-state index contributed by atoms with van der Waals surface area (Å²) in [6, 6.07) is 0. The average Bonchev–Trinajstić information content (AvgIpc) is 1.87. The van der Waals surface area contributed by atoms with E-state index in [4.69, 9.17) is 5.11 Å². The highest BCUT2D eigenvalue weighted by atomic mass is 16.3. The Hall–Kier alpha value is -0.370. The highest BCUT2D eigenvalue weighted by molar-refractivity contribution is 5.53. The second kappa shape index (κ2) is 5.30. The van der Waals surface area contributed by atoms with Crippen LogP contribution in [0.1, 0.15) is 33.6 Å². The van der Waals surface area contributed by atoms with Crippen LogP contribution < -0.4 is 0 Å². The predicted octanol–water partition coefficient (Wildman–Crippen LogP) is 1.62. The van der Waals surface area contributed by atoms with Crippen molar-refractivity contribution in [1.29, 1.82) is 0 Å². The van der Waals surface area contributed by atoms with E-state index in [0.717, 1.165) is 19.1 Å². The molecule has 2 nitrogen and oxygen atoms in total. The minimum Gasteiger partial charge on any atom is -0.393 e. The summed E-state index contributed by atoms with van der Waals surface area (Å²) < 4.78 is 0. The molecule has 1 N–H and O–H groups in total. The van der Waals surface area contributed by atoms with Gasteiger partial charge in [0.1, 0.15) is 6.29 Å². The molecule has 0 aromatic carbocycles. The van der Waals surface area contributed by atoms with Crippen LogP contribution in [-0.4, -0.2) is 17.5 Å². The zero-order valence-corrected chi connectivity index (χ0v) is 7.58. The first-order valence-electron chi connectivity index (χ1n) is 4.21. The Labute approximate surface area is 68.6 Å². The first-order chi connectivity index (χ1) is 5.07. The van der Waals surface area contributed by atoms with Gasteiger partial charge in [-0.2, -0.15) is 0 Å². The normalized spacial score (nSPS) is 16.5. The molecular weight excluding hydrogens is 140 g/mol. The number of carbonyl (C=O) groups excluding carboxylic acids is 1. The molecule has 11 heavy (non-hydrogen) atoms. The van der Waals surface area contributed by atoms with E-state index in [9.17, 15) is 4.79 Å². The molecule has 0 aromatic heterocycles. The molecule has 0 radical (unpaired) electrons. The van der Waals surface area contributed by atoms with Gasteiger partial charge in [0.2, 0.25) is 0 Å². The minimum atomic E-state index is -0.281. The SMILES string of the molecule is CC(O)CCC(C=O)C(C)C. The topological polar surface area (TPSA) is 37.3 Å². The number of hydrogen-bond acceptors (Lipinski definition) is 2. The van der Waals surface area contributed by atoms with Crippen LogP contribution in [0, 0.1) is 11.8 Å². The second-order valence-electron chi connectivity index (χ2n) is 3.47. The number of carbonyl (C=O) groups is 1. The Morgan fingerprint density at radius 3 is 2.09 bits per heavy atom. The summed E-state index contributed by atoms with van der Waals surface area (Å²) in [5, 5.41) is 8.96. The Bertz CT molecular complexity index is 108. The molecule has 0 aliphatic heterocycles. The Balaban J connectivity index is 3.61. The molecule has 0 bridgehead atoms. The molecule has 0 fully saturated rings. The number of aldehydes is 1. The first-order valence-corrected chi connectivity index (χ1v) is 4.21. The van der Waals surface area contributed by atoms with Crippen LogP contribution in [0.4, 0.5) is 0 Å². The third-order valence-corrected chi connectivity index (χ3v) is 1.95. The largest absolute Gasteiger partial charge is 0.393 e. The summed E-state index contributed by atoms with van der Waals surface area (Å²) in [5.74, 6) is 0.510. The number of aliphatic hydroxyl groups is 1. The smallest absolute Gasteiger partial charge is 0.123 e. The molecule has 0 rings (SSSR count). The van der Waals surface area contributed by atoms with Crippen molar-refractivity contribution in [2.24, 2.45) is 11.8 Å². The van der Waals surface area contributed by atoms with E-state index in [-0.39, 0.29) is 12.0 Å². The van der Waals surface area contributed by atoms with E-state index in [2.05, 4.69) is 0 Å². The van der Waals surface area contributed by atoms with E-state index in [0.29, 0.717) is 5.92 Å². The van der Waals surface area contributed by atoms with Gasteiger partial charge in [0.25, 0.3) is 0 Å². The quantitative estimate of drug-likeness (QED) is 0.617. The molecular formula is C9H18O2. The van der Waals surface area contributed by atoms with Crippen molar-refractivity contribution in [3.05, 3.63) is 0 Å². The van der Waals surface area contributed by atoms with Gasteiger partial charge in [0.05, 0.1) is 6.10 Å². The van der Waals surface area contributed by atoms with Gasteiger partial charge in [-0.1, -0.05) is 13.8 Å². The van der Waals surface area contributed by atoms with Crippen LogP contribution in [0.25, 0.3) is 0 Å². The van der Waals surface area contributed by atoms with Crippen LogP contribution in [0.3, 0.4) is 0 Å². The summed E-state index contributed by atoms with van der Waals surface area (Å²) in [7, 11) is 0. The first kappa shape index (κ1) is 10.6. The summed E-state index contributed by atoms with van der Waals surface area (Å²) in [5.41, 5.74) is 0. The fourth-order valence-electron chi connectivity index (χ4n) is 0.992. The lowest BCUT2D eigenvalue weighted by molar-refractivity contribution is -0.112. The average molecular weight is 158 g/mol. The van der Waals surface area contributed by atoms with Crippen LogP contribution in [0.2, 0.25) is 0 Å². The van der Waals surface area contributed by atoms with E-state index in [1.807, 2.05) is 13.8 Å². The predicted molar refractivity (Wildman–Crippen MR) is 45.3 cm³/mol. The van der Waals surface area contributed by atoms with Gasteiger partial charge in [-0.05, 0) is 25.7 Å². The third kappa shape index (κ3) is 4.96. The lowest BCUT2D eigenvalue weighted by Gasteiger charge is -2.14. The molecule has 0 spiro atoms. The van der Waals surface area contributed by atoms with Crippen LogP contribution in [-0.2, 0) is 4.79 Å².